The second-order valence-corrected chi connectivity index (χ2v) is 6.89. The van der Waals surface area contributed by atoms with Gasteiger partial charge in [-0.3, -0.25) is 9.48 Å². The first-order chi connectivity index (χ1) is 12.5. The van der Waals surface area contributed by atoms with Crippen LogP contribution in [-0.2, 0) is 17.8 Å². The summed E-state index contributed by atoms with van der Waals surface area (Å²) >= 11 is 6.15. The Morgan fingerprint density at radius 3 is 2.96 bits per heavy atom. The van der Waals surface area contributed by atoms with Gasteiger partial charge in [0.05, 0.1) is 29.4 Å². The smallest absolute Gasteiger partial charge is 0.226 e. The molecule has 1 aromatic heterocycles. The van der Waals surface area contributed by atoms with Crippen LogP contribution in [0.1, 0.15) is 23.4 Å². The van der Waals surface area contributed by atoms with Gasteiger partial charge in [-0.05, 0) is 38.3 Å². The van der Waals surface area contributed by atoms with Gasteiger partial charge in [0.15, 0.2) is 11.5 Å². The van der Waals surface area contributed by atoms with Gasteiger partial charge >= 0.3 is 0 Å². The molecule has 0 aliphatic carbocycles. The average molecular weight is 378 g/mol. The fourth-order valence-electron chi connectivity index (χ4n) is 3.20. The number of nitrogens with zero attached hydrogens (tertiary/aromatic N) is 2. The number of nitrogens with one attached hydrogen (secondary N) is 1. The van der Waals surface area contributed by atoms with Gasteiger partial charge in [0.25, 0.3) is 0 Å². The Hall–Kier alpha value is -2.21. The Morgan fingerprint density at radius 2 is 2.27 bits per heavy atom. The van der Waals surface area contributed by atoms with Gasteiger partial charge < -0.3 is 14.8 Å². The van der Waals surface area contributed by atoms with Crippen molar-refractivity contribution in [2.45, 2.75) is 33.2 Å². The van der Waals surface area contributed by atoms with E-state index in [2.05, 4.69) is 10.4 Å². The molecule has 26 heavy (non-hydrogen) atoms. The second-order valence-electron chi connectivity index (χ2n) is 6.51. The minimum atomic E-state index is -0.183. The minimum absolute atomic E-state index is 0.0184. The molecule has 1 aliphatic rings. The summed E-state index contributed by atoms with van der Waals surface area (Å²) in [6, 6.07) is 5.76. The Labute approximate surface area is 158 Å². The summed E-state index contributed by atoms with van der Waals surface area (Å²) in [5.41, 5.74) is 2.80. The average Bonchev–Trinajstić information content (AvgIpc) is 2.90. The van der Waals surface area contributed by atoms with E-state index in [0.717, 1.165) is 35.7 Å². The van der Waals surface area contributed by atoms with Crippen molar-refractivity contribution in [3.05, 3.63) is 40.2 Å². The van der Waals surface area contributed by atoms with Gasteiger partial charge in [-0.1, -0.05) is 23.7 Å². The number of aromatic nitrogens is 2. The molecule has 140 valence electrons. The number of carbonyl (C=O) groups excluding carboxylic acids is 1. The van der Waals surface area contributed by atoms with E-state index in [9.17, 15) is 4.79 Å². The zero-order chi connectivity index (χ0) is 18.7. The van der Waals surface area contributed by atoms with Gasteiger partial charge in [0, 0.05) is 13.1 Å². The first-order valence-electron chi connectivity index (χ1n) is 8.77. The highest BCUT2D eigenvalue weighted by Gasteiger charge is 2.27. The molecule has 0 unspecified atom stereocenters. The van der Waals surface area contributed by atoms with Crippen LogP contribution in [0.3, 0.4) is 0 Å². The van der Waals surface area contributed by atoms with Gasteiger partial charge in [-0.2, -0.15) is 5.10 Å². The topological polar surface area (TPSA) is 65.4 Å². The molecule has 0 saturated carbocycles. The summed E-state index contributed by atoms with van der Waals surface area (Å²) in [6.45, 7) is 5.53. The summed E-state index contributed by atoms with van der Waals surface area (Å²) in [5, 5.41) is 8.11. The molecular formula is C19H24ClN3O3. The summed E-state index contributed by atoms with van der Waals surface area (Å²) in [4.78, 5) is 12.4. The van der Waals surface area contributed by atoms with Crippen LogP contribution in [0.15, 0.2) is 18.2 Å². The van der Waals surface area contributed by atoms with E-state index in [1.165, 1.54) is 0 Å². The molecule has 3 rings (SSSR count). The number of amides is 1. The van der Waals surface area contributed by atoms with Crippen molar-refractivity contribution in [2.75, 3.05) is 20.3 Å². The van der Waals surface area contributed by atoms with Gasteiger partial charge in [-0.25, -0.2) is 0 Å². The van der Waals surface area contributed by atoms with Gasteiger partial charge in [-0.15, -0.1) is 0 Å². The van der Waals surface area contributed by atoms with E-state index in [4.69, 9.17) is 21.1 Å². The zero-order valence-corrected chi connectivity index (χ0v) is 16.1. The van der Waals surface area contributed by atoms with Crippen LogP contribution in [0.4, 0.5) is 0 Å². The maximum atomic E-state index is 12.4. The summed E-state index contributed by atoms with van der Waals surface area (Å²) in [5.74, 6) is 1.30. The predicted molar refractivity (Wildman–Crippen MR) is 100 cm³/mol. The van der Waals surface area contributed by atoms with E-state index in [1.54, 1.807) is 7.11 Å². The molecular weight excluding hydrogens is 354 g/mol. The third-order valence-corrected chi connectivity index (χ3v) is 5.23. The van der Waals surface area contributed by atoms with Crippen molar-refractivity contribution >= 4 is 17.5 Å². The molecule has 1 N–H and O–H groups in total. The lowest BCUT2D eigenvalue weighted by Gasteiger charge is -2.25. The molecule has 1 aromatic carbocycles. The normalized spacial score (nSPS) is 15.9. The summed E-state index contributed by atoms with van der Waals surface area (Å²) in [7, 11) is 1.62. The Balaban J connectivity index is 1.49. The third-order valence-electron chi connectivity index (χ3n) is 4.69. The van der Waals surface area contributed by atoms with Gasteiger partial charge in [0.1, 0.15) is 6.61 Å². The lowest BCUT2D eigenvalue weighted by Crippen LogP contribution is -2.38. The number of carbonyl (C=O) groups is 1. The highest BCUT2D eigenvalue weighted by molar-refractivity contribution is 6.31. The number of benzene rings is 1. The predicted octanol–water partition coefficient (Wildman–Crippen LogP) is 2.92. The van der Waals surface area contributed by atoms with Crippen molar-refractivity contribution in [1.29, 1.82) is 0 Å². The quantitative estimate of drug-likeness (QED) is 0.786. The van der Waals surface area contributed by atoms with Crippen LogP contribution < -0.4 is 14.8 Å². The fraction of sp³-hybridized carbons (Fsp3) is 0.474. The van der Waals surface area contributed by atoms with E-state index in [-0.39, 0.29) is 11.8 Å². The van der Waals surface area contributed by atoms with Crippen LogP contribution in [0, 0.1) is 19.8 Å². The number of halogens is 1. The van der Waals surface area contributed by atoms with E-state index >= 15 is 0 Å². The number of para-hydroxylation sites is 1. The zero-order valence-electron chi connectivity index (χ0n) is 15.3. The van der Waals surface area contributed by atoms with Crippen LogP contribution in [0.2, 0.25) is 5.02 Å². The van der Waals surface area contributed by atoms with Crippen LogP contribution in [-0.4, -0.2) is 35.9 Å². The summed E-state index contributed by atoms with van der Waals surface area (Å²) in [6.07, 6.45) is 1.45. The molecule has 2 aromatic rings. The molecule has 1 aliphatic heterocycles. The van der Waals surface area contributed by atoms with Crippen molar-refractivity contribution in [3.63, 3.8) is 0 Å². The SMILES string of the molecule is COc1cccc2c1OC[C@@H](C(=O)NCCCn1nc(C)c(Cl)c1C)C2. The number of hydrogen-bond donors (Lipinski definition) is 1. The molecule has 0 saturated heterocycles. The molecule has 6 nitrogen and oxygen atoms in total. The standard InChI is InChI=1S/C19H24ClN3O3/c1-12-17(20)13(2)23(22-12)9-5-8-21-19(24)15-10-14-6-4-7-16(25-3)18(14)26-11-15/h4,6-7,15H,5,8-11H2,1-3H3,(H,21,24)/t15-/m0/s1. The molecule has 0 radical (unpaired) electrons. The molecule has 1 amide bonds. The molecule has 7 heteroatoms. The maximum absolute atomic E-state index is 12.4. The van der Waals surface area contributed by atoms with E-state index in [0.29, 0.717) is 30.3 Å². The van der Waals surface area contributed by atoms with Gasteiger partial charge in [0.2, 0.25) is 5.91 Å². The lowest BCUT2D eigenvalue weighted by molar-refractivity contribution is -0.126. The number of rotatable bonds is 6. The van der Waals surface area contributed by atoms with Crippen molar-refractivity contribution in [3.8, 4) is 11.5 Å². The van der Waals surface area contributed by atoms with Crippen LogP contribution in [0.25, 0.3) is 0 Å². The lowest BCUT2D eigenvalue weighted by atomic mass is 9.95. The first-order valence-corrected chi connectivity index (χ1v) is 9.15. The molecule has 0 spiro atoms. The Bertz CT molecular complexity index is 804. The van der Waals surface area contributed by atoms with Crippen LogP contribution >= 0.6 is 11.6 Å². The molecule has 0 bridgehead atoms. The maximum Gasteiger partial charge on any atom is 0.226 e. The summed E-state index contributed by atoms with van der Waals surface area (Å²) < 4.78 is 13.0. The van der Waals surface area contributed by atoms with E-state index < -0.39 is 0 Å². The van der Waals surface area contributed by atoms with E-state index in [1.807, 2.05) is 36.7 Å². The number of methoxy groups -OCH3 is 1. The second kappa shape index (κ2) is 7.99. The monoisotopic (exact) mass is 377 g/mol. The number of hydrogen-bond acceptors (Lipinski definition) is 4. The fourth-order valence-corrected chi connectivity index (χ4v) is 3.34. The Kier molecular flexibility index (Phi) is 5.71. The van der Waals surface area contributed by atoms with Crippen molar-refractivity contribution < 1.29 is 14.3 Å². The third kappa shape index (κ3) is 3.80. The number of aryl methyl sites for hydroxylation is 2. The largest absolute Gasteiger partial charge is 0.493 e. The van der Waals surface area contributed by atoms with Crippen molar-refractivity contribution in [1.82, 2.24) is 15.1 Å². The molecule has 0 fully saturated rings. The molecule has 2 heterocycles. The van der Waals surface area contributed by atoms with Crippen molar-refractivity contribution in [2.24, 2.45) is 5.92 Å². The van der Waals surface area contributed by atoms with Crippen LogP contribution in [0.5, 0.6) is 11.5 Å². The highest BCUT2D eigenvalue weighted by Crippen LogP contribution is 2.36. The highest BCUT2D eigenvalue weighted by atomic mass is 35.5. The molecule has 1 atom stereocenters. The first kappa shape index (κ1) is 18.6. The minimum Gasteiger partial charge on any atom is -0.493 e. The number of ether oxygens (including phenoxy) is 2. The number of fused-ring (bicyclic) bond motifs is 1. The Morgan fingerprint density at radius 1 is 1.46 bits per heavy atom.